The number of alkyl halides is 1. The van der Waals surface area contributed by atoms with Crippen molar-refractivity contribution in [3.05, 3.63) is 34.9 Å². The van der Waals surface area contributed by atoms with Crippen LogP contribution in [0.2, 0.25) is 0 Å². The lowest BCUT2D eigenvalue weighted by Gasteiger charge is -2.04. The smallest absolute Gasteiger partial charge is 0.0716 e. The molecule has 0 aromatic heterocycles. The van der Waals surface area contributed by atoms with Crippen LogP contribution < -0.4 is 0 Å². The molecule has 0 aliphatic heterocycles. The maximum atomic E-state index is 5.58. The second kappa shape index (κ2) is 4.71. The van der Waals surface area contributed by atoms with E-state index in [1.807, 2.05) is 0 Å². The summed E-state index contributed by atoms with van der Waals surface area (Å²) >= 11 is 3.44. The average Bonchev–Trinajstić information content (AvgIpc) is 2.16. The third-order valence-corrected chi connectivity index (χ3v) is 2.56. The van der Waals surface area contributed by atoms with E-state index >= 15 is 0 Å². The van der Waals surface area contributed by atoms with Gasteiger partial charge in [0.1, 0.15) is 0 Å². The molecule has 1 aromatic rings. The summed E-state index contributed by atoms with van der Waals surface area (Å²) in [5.74, 6) is 0. The molecule has 0 aliphatic carbocycles. The van der Waals surface area contributed by atoms with Gasteiger partial charge in [-0.15, -0.1) is 0 Å². The summed E-state index contributed by atoms with van der Waals surface area (Å²) in [5, 5.41) is 0.911. The zero-order valence-corrected chi connectivity index (χ0v) is 8.89. The minimum Gasteiger partial charge on any atom is -0.0876 e. The highest BCUT2D eigenvalue weighted by atomic mass is 79.9. The van der Waals surface area contributed by atoms with Crippen LogP contribution in [0.5, 0.6) is 0 Å². The van der Waals surface area contributed by atoms with Crippen LogP contribution in [0.3, 0.4) is 0 Å². The summed E-state index contributed by atoms with van der Waals surface area (Å²) in [7, 11) is 5.58. The Balaban J connectivity index is 3.01. The summed E-state index contributed by atoms with van der Waals surface area (Å²) < 4.78 is 0. The Morgan fingerprint density at radius 1 is 1.17 bits per heavy atom. The van der Waals surface area contributed by atoms with E-state index in [0.29, 0.717) is 6.32 Å². The molecule has 0 atom stereocenters. The fourth-order valence-electron chi connectivity index (χ4n) is 1.24. The summed E-state index contributed by atoms with van der Waals surface area (Å²) in [6.07, 6.45) is 1.71. The lowest BCUT2D eigenvalue weighted by Crippen LogP contribution is -1.90. The van der Waals surface area contributed by atoms with Gasteiger partial charge in [0.25, 0.3) is 0 Å². The largest absolute Gasteiger partial charge is 0.0876 e. The maximum Gasteiger partial charge on any atom is 0.0716 e. The summed E-state index contributed by atoms with van der Waals surface area (Å²) in [4.78, 5) is 0. The van der Waals surface area contributed by atoms with Gasteiger partial charge in [0.05, 0.1) is 7.85 Å². The molecule has 0 amide bonds. The predicted molar refractivity (Wildman–Crippen MR) is 57.9 cm³/mol. The average molecular weight is 223 g/mol. The van der Waals surface area contributed by atoms with Crippen LogP contribution in [0, 0.1) is 0 Å². The van der Waals surface area contributed by atoms with Crippen LogP contribution >= 0.6 is 15.9 Å². The van der Waals surface area contributed by atoms with Crippen LogP contribution in [0.4, 0.5) is 0 Å². The summed E-state index contributed by atoms with van der Waals surface area (Å²) in [6, 6.07) is 6.54. The van der Waals surface area contributed by atoms with Crippen molar-refractivity contribution in [3.63, 3.8) is 0 Å². The topological polar surface area (TPSA) is 0 Å². The van der Waals surface area contributed by atoms with Gasteiger partial charge in [0.15, 0.2) is 0 Å². The van der Waals surface area contributed by atoms with Gasteiger partial charge in [0, 0.05) is 5.33 Å². The standard InChI is InChI=1S/C10H12BBr/c1-2-8-3-9(6-11)5-10(4-8)7-12/h3-5H,2,6-7H2,1H3. The molecule has 0 N–H and O–H groups in total. The second-order valence-corrected chi connectivity index (χ2v) is 3.41. The number of aryl methyl sites for hydroxylation is 1. The monoisotopic (exact) mass is 222 g/mol. The van der Waals surface area contributed by atoms with E-state index in [4.69, 9.17) is 7.85 Å². The number of hydrogen-bond donors (Lipinski definition) is 0. The first kappa shape index (κ1) is 9.85. The molecule has 2 radical (unpaired) electrons. The number of benzene rings is 1. The third kappa shape index (κ3) is 2.38. The van der Waals surface area contributed by atoms with Crippen molar-refractivity contribution in [3.8, 4) is 0 Å². The molecule has 62 valence electrons. The molecule has 0 aliphatic rings. The molecule has 1 rings (SSSR count). The second-order valence-electron chi connectivity index (χ2n) is 2.85. The van der Waals surface area contributed by atoms with Crippen LogP contribution in [-0.2, 0) is 18.1 Å². The fourth-order valence-corrected chi connectivity index (χ4v) is 1.56. The van der Waals surface area contributed by atoms with Crippen molar-refractivity contribution in [2.75, 3.05) is 0 Å². The van der Waals surface area contributed by atoms with E-state index in [9.17, 15) is 0 Å². The van der Waals surface area contributed by atoms with Gasteiger partial charge in [-0.05, 0) is 17.5 Å². The first-order valence-electron chi connectivity index (χ1n) is 4.18. The van der Waals surface area contributed by atoms with Gasteiger partial charge in [-0.25, -0.2) is 0 Å². The molecule has 0 unspecified atom stereocenters. The minimum absolute atomic E-state index is 0.633. The first-order valence-corrected chi connectivity index (χ1v) is 5.30. The molecule has 0 saturated heterocycles. The quantitative estimate of drug-likeness (QED) is 0.545. The number of rotatable bonds is 3. The van der Waals surface area contributed by atoms with Crippen LogP contribution in [0.25, 0.3) is 0 Å². The van der Waals surface area contributed by atoms with Gasteiger partial charge in [0.2, 0.25) is 0 Å². The first-order chi connectivity index (χ1) is 5.80. The van der Waals surface area contributed by atoms with Crippen molar-refractivity contribution in [1.82, 2.24) is 0 Å². The summed E-state index contributed by atoms with van der Waals surface area (Å²) in [5.41, 5.74) is 3.91. The van der Waals surface area contributed by atoms with Crippen LogP contribution in [0.15, 0.2) is 18.2 Å². The molecule has 0 saturated carbocycles. The Kier molecular flexibility index (Phi) is 3.86. The number of hydrogen-bond acceptors (Lipinski definition) is 0. The van der Waals surface area contributed by atoms with Gasteiger partial charge in [-0.1, -0.05) is 52.9 Å². The minimum atomic E-state index is 0.633. The third-order valence-electron chi connectivity index (χ3n) is 1.91. The molecule has 0 spiro atoms. The van der Waals surface area contributed by atoms with E-state index in [1.54, 1.807) is 0 Å². The Morgan fingerprint density at radius 2 is 1.75 bits per heavy atom. The SMILES string of the molecule is [B]Cc1cc(CC)cc(CBr)c1. The van der Waals surface area contributed by atoms with Gasteiger partial charge < -0.3 is 0 Å². The highest BCUT2D eigenvalue weighted by Crippen LogP contribution is 2.13. The lowest BCUT2D eigenvalue weighted by molar-refractivity contribution is 1.12. The van der Waals surface area contributed by atoms with Gasteiger partial charge in [-0.2, -0.15) is 0 Å². The van der Waals surface area contributed by atoms with Gasteiger partial charge >= 0.3 is 0 Å². The Hall–Kier alpha value is -0.235. The van der Waals surface area contributed by atoms with Crippen molar-refractivity contribution in [2.24, 2.45) is 0 Å². The molecular formula is C10H12BBr. The van der Waals surface area contributed by atoms with Crippen LogP contribution in [0.1, 0.15) is 23.6 Å². The van der Waals surface area contributed by atoms with Crippen molar-refractivity contribution in [1.29, 1.82) is 0 Å². The van der Waals surface area contributed by atoms with E-state index in [1.165, 1.54) is 16.7 Å². The van der Waals surface area contributed by atoms with Gasteiger partial charge in [-0.3, -0.25) is 0 Å². The molecule has 0 heterocycles. The zero-order valence-electron chi connectivity index (χ0n) is 7.31. The highest BCUT2D eigenvalue weighted by molar-refractivity contribution is 9.08. The van der Waals surface area contributed by atoms with E-state index in [-0.39, 0.29) is 0 Å². The van der Waals surface area contributed by atoms with E-state index in [2.05, 4.69) is 41.1 Å². The normalized spacial score (nSPS) is 10.2. The highest BCUT2D eigenvalue weighted by Gasteiger charge is 1.96. The molecule has 0 bridgehead atoms. The molecular weight excluding hydrogens is 211 g/mol. The predicted octanol–water partition coefficient (Wildman–Crippen LogP) is 2.81. The fraction of sp³-hybridized carbons (Fsp3) is 0.400. The Morgan fingerprint density at radius 3 is 2.25 bits per heavy atom. The molecule has 0 fully saturated rings. The van der Waals surface area contributed by atoms with Crippen molar-refractivity contribution < 1.29 is 0 Å². The molecule has 1 aromatic carbocycles. The molecule has 0 nitrogen and oxygen atoms in total. The van der Waals surface area contributed by atoms with Crippen LogP contribution in [-0.4, -0.2) is 7.85 Å². The number of halogens is 1. The molecule has 12 heavy (non-hydrogen) atoms. The molecule has 2 heteroatoms. The lowest BCUT2D eigenvalue weighted by atomic mass is 9.93. The Bertz CT molecular complexity index is 203. The maximum absolute atomic E-state index is 5.58. The van der Waals surface area contributed by atoms with Crippen molar-refractivity contribution >= 4 is 23.8 Å². The van der Waals surface area contributed by atoms with E-state index < -0.39 is 0 Å². The zero-order chi connectivity index (χ0) is 8.97. The summed E-state index contributed by atoms with van der Waals surface area (Å²) in [6.45, 7) is 2.16. The Labute approximate surface area is 83.9 Å². The van der Waals surface area contributed by atoms with Crippen molar-refractivity contribution in [2.45, 2.75) is 25.0 Å². The van der Waals surface area contributed by atoms with E-state index in [0.717, 1.165) is 11.8 Å².